The Morgan fingerprint density at radius 1 is 0.295 bits per heavy atom. The van der Waals surface area contributed by atoms with Gasteiger partial charge in [0.25, 0.3) is 0 Å². The second-order valence-electron chi connectivity index (χ2n) is 31.7. The topological polar surface area (TPSA) is 308 Å². The van der Waals surface area contributed by atoms with Crippen LogP contribution in [0.5, 0.6) is 0 Å². The molecule has 4 N–H and O–H groups in total. The van der Waals surface area contributed by atoms with Crippen molar-refractivity contribution < 1.29 is 95.2 Å². The molecule has 1 heterocycles. The highest BCUT2D eigenvalue weighted by Gasteiger charge is 2.33. The summed E-state index contributed by atoms with van der Waals surface area (Å²) < 4.78 is 68.6. The third kappa shape index (κ3) is 33.0. The number of esters is 2. The number of alkyl carbamates (subject to hydrolysis) is 2. The van der Waals surface area contributed by atoms with Gasteiger partial charge in [0.15, 0.2) is 0 Å². The fraction of sp³-hybridized carbons (Fsp3) is 0.532. The van der Waals surface area contributed by atoms with Gasteiger partial charge in [-0.2, -0.15) is 0 Å². The van der Waals surface area contributed by atoms with Crippen LogP contribution in [-0.4, -0.2) is 303 Å². The number of hydrogen-bond donors (Lipinski definition) is 4. The number of rotatable bonds is 54. The number of amides is 4. The summed E-state index contributed by atoms with van der Waals surface area (Å²) in [6.45, 7) is 15.7. The number of ether oxygens (including phenoxy) is 12. The summed E-state index contributed by atoms with van der Waals surface area (Å²) in [6.07, 6.45) is 1.92. The molecule has 0 saturated carbocycles. The van der Waals surface area contributed by atoms with Crippen molar-refractivity contribution >= 4 is 47.5 Å². The summed E-state index contributed by atoms with van der Waals surface area (Å²) in [5, 5.41) is 11.4. The average molecular weight is 1690 g/mol. The molecule has 6 aromatic rings. The minimum absolute atomic E-state index is 0.00632. The normalized spacial score (nSPS) is 14.5. The summed E-state index contributed by atoms with van der Waals surface area (Å²) in [6, 6.07) is 49.3. The Kier molecular flexibility index (Phi) is 41.1. The number of ketones is 2. The first-order chi connectivity index (χ1) is 59.5. The largest absolute Gasteiger partial charge is 0.465 e. The van der Waals surface area contributed by atoms with Gasteiger partial charge in [0.1, 0.15) is 37.0 Å². The van der Waals surface area contributed by atoms with E-state index in [-0.39, 0.29) is 184 Å². The molecule has 1 saturated heterocycles. The number of carbonyl (C=O) groups is 8. The van der Waals surface area contributed by atoms with E-state index in [1.165, 1.54) is 22.3 Å². The quantitative estimate of drug-likeness (QED) is 0.0157. The predicted molar refractivity (Wildman–Crippen MR) is 462 cm³/mol. The van der Waals surface area contributed by atoms with Gasteiger partial charge in [-0.05, 0) is 113 Å². The molecule has 4 aliphatic rings. The van der Waals surface area contributed by atoms with E-state index in [1.807, 2.05) is 82.6 Å². The molecule has 6 aromatic carbocycles. The van der Waals surface area contributed by atoms with Gasteiger partial charge in [0.05, 0.1) is 105 Å². The standard InChI is InChI=1S/C94H126N8O20/c1-94(2,3)122-93(110)98-39-55-118-63-57-112-49-17-21-72(104)65-100-41-40-99(64-71(103)20-16-48-111-56-62-117-54-38-97-92(109)121-70-87-83-32-14-8-26-77(83)78-27-9-15-33-84(78)87)42-44-101(66-88(105)95-36-52-115-60-58-113-50-18-34-90(107)119-68-85-79-28-10-4-22-73(79)74-23-5-11-29-80(74)85)46-47-102(45-43-100)67-89(106)96-37-53-116-61-59-114-51-19-35-91(108)120-69-86-81-30-12-6-24-75(81)76-25-7-13-31-82(76)86/h4-15,22-33,85-87H,16-21,34-70H2,1-3H3,(H,95,105)(H,96,106)(H,97,109)(H,98,110). The zero-order valence-electron chi connectivity index (χ0n) is 71.4. The minimum atomic E-state index is -0.606. The molecule has 3 aliphatic carbocycles. The molecule has 28 nitrogen and oxygen atoms in total. The molecular formula is C94H126N8O20. The van der Waals surface area contributed by atoms with Crippen LogP contribution >= 0.6 is 0 Å². The van der Waals surface area contributed by atoms with E-state index in [2.05, 4.69) is 104 Å². The zero-order valence-corrected chi connectivity index (χ0v) is 71.4. The highest BCUT2D eigenvalue weighted by Crippen LogP contribution is 2.47. The first kappa shape index (κ1) is 94.8. The van der Waals surface area contributed by atoms with Crippen molar-refractivity contribution in [2.45, 2.75) is 95.5 Å². The Morgan fingerprint density at radius 3 is 0.836 bits per heavy atom. The van der Waals surface area contributed by atoms with Gasteiger partial charge in [-0.1, -0.05) is 146 Å². The predicted octanol–water partition coefficient (Wildman–Crippen LogP) is 9.61. The van der Waals surface area contributed by atoms with Crippen molar-refractivity contribution in [2.24, 2.45) is 0 Å². The third-order valence-electron chi connectivity index (χ3n) is 21.4. The van der Waals surface area contributed by atoms with Crippen LogP contribution in [0.3, 0.4) is 0 Å². The Hall–Kier alpha value is -9.40. The van der Waals surface area contributed by atoms with E-state index in [0.717, 1.165) is 44.5 Å². The van der Waals surface area contributed by atoms with Gasteiger partial charge >= 0.3 is 24.1 Å². The maximum atomic E-state index is 13.9. The Bertz CT molecular complexity index is 3940. The molecule has 1 fully saturated rings. The lowest BCUT2D eigenvalue weighted by Gasteiger charge is -2.33. The van der Waals surface area contributed by atoms with Crippen molar-refractivity contribution in [3.63, 3.8) is 0 Å². The number of nitrogens with one attached hydrogen (secondary N) is 4. The molecule has 0 bridgehead atoms. The van der Waals surface area contributed by atoms with Crippen LogP contribution in [0.15, 0.2) is 146 Å². The van der Waals surface area contributed by atoms with E-state index >= 15 is 0 Å². The second kappa shape index (κ2) is 52.9. The molecular weight excluding hydrogens is 1560 g/mol. The molecule has 10 rings (SSSR count). The maximum Gasteiger partial charge on any atom is 0.407 e. The van der Waals surface area contributed by atoms with Crippen LogP contribution in [0.1, 0.15) is 123 Å². The molecule has 28 heteroatoms. The Balaban J connectivity index is 0.655. The number of Topliss-reactive ketones (excluding diaryl/α,β-unsaturated/α-hetero) is 2. The molecule has 0 radical (unpaired) electrons. The lowest BCUT2D eigenvalue weighted by atomic mass is 9.98. The van der Waals surface area contributed by atoms with E-state index in [0.29, 0.717) is 151 Å². The van der Waals surface area contributed by atoms with Crippen molar-refractivity contribution in [1.29, 1.82) is 0 Å². The number of nitrogens with zero attached hydrogens (tertiary/aromatic N) is 4. The minimum Gasteiger partial charge on any atom is -0.465 e. The molecule has 0 unspecified atom stereocenters. The summed E-state index contributed by atoms with van der Waals surface area (Å²) in [7, 11) is 0. The van der Waals surface area contributed by atoms with E-state index in [9.17, 15) is 38.4 Å². The first-order valence-electron chi connectivity index (χ1n) is 43.3. The number of benzene rings is 6. The van der Waals surface area contributed by atoms with Gasteiger partial charge < -0.3 is 78.1 Å². The fourth-order valence-electron chi connectivity index (χ4n) is 15.4. The van der Waals surface area contributed by atoms with Crippen LogP contribution in [0.2, 0.25) is 0 Å². The summed E-state index contributed by atoms with van der Waals surface area (Å²) >= 11 is 0. The third-order valence-corrected chi connectivity index (χ3v) is 21.4. The monoisotopic (exact) mass is 1690 g/mol. The van der Waals surface area contributed by atoms with Gasteiger partial charge in [0.2, 0.25) is 11.8 Å². The lowest BCUT2D eigenvalue weighted by molar-refractivity contribution is -0.145. The fourth-order valence-corrected chi connectivity index (χ4v) is 15.4. The zero-order chi connectivity index (χ0) is 85.8. The second-order valence-corrected chi connectivity index (χ2v) is 31.7. The van der Waals surface area contributed by atoms with Crippen LogP contribution < -0.4 is 21.3 Å². The number of carbonyl (C=O) groups excluding carboxylic acids is 8. The lowest BCUT2D eigenvalue weighted by Crippen LogP contribution is -2.50. The highest BCUT2D eigenvalue weighted by atomic mass is 16.6. The van der Waals surface area contributed by atoms with Gasteiger partial charge in [-0.3, -0.25) is 48.4 Å². The van der Waals surface area contributed by atoms with Gasteiger partial charge in [0, 0.05) is 148 Å². The van der Waals surface area contributed by atoms with Gasteiger partial charge in [-0.15, -0.1) is 0 Å². The van der Waals surface area contributed by atoms with E-state index < -0.39 is 17.8 Å². The van der Waals surface area contributed by atoms with Crippen LogP contribution in [0.4, 0.5) is 9.59 Å². The highest BCUT2D eigenvalue weighted by molar-refractivity contribution is 5.83. The van der Waals surface area contributed by atoms with Gasteiger partial charge in [-0.25, -0.2) is 9.59 Å². The average Bonchev–Trinajstić information content (AvgIpc) is 1.63. The number of fused-ring (bicyclic) bond motifs is 9. The van der Waals surface area contributed by atoms with Crippen LogP contribution in [0.25, 0.3) is 33.4 Å². The Morgan fingerprint density at radius 2 is 0.541 bits per heavy atom. The van der Waals surface area contributed by atoms with Crippen LogP contribution in [-0.2, 0) is 85.6 Å². The van der Waals surface area contributed by atoms with Crippen molar-refractivity contribution in [3.05, 3.63) is 179 Å². The van der Waals surface area contributed by atoms with E-state index in [4.69, 9.17) is 56.8 Å². The Labute approximate surface area is 718 Å². The summed E-state index contributed by atoms with van der Waals surface area (Å²) in [5.74, 6) is -1.02. The van der Waals surface area contributed by atoms with E-state index in [1.54, 1.807) is 20.8 Å². The molecule has 662 valence electrons. The molecule has 0 spiro atoms. The molecule has 0 aromatic heterocycles. The molecule has 0 atom stereocenters. The van der Waals surface area contributed by atoms with Crippen molar-refractivity contribution in [2.75, 3.05) is 230 Å². The maximum absolute atomic E-state index is 13.9. The molecule has 1 aliphatic heterocycles. The SMILES string of the molecule is CC(C)(C)OC(=O)NCCOCCOCCCC(=O)CN1CCN(CC(=O)CCCOCCOCCNC(=O)OCC2c3ccccc3-c3ccccc32)CCN(CC(=O)NCCOCCOCCCC(=O)OCC2c3ccccc3-c3ccccc32)CCN(CC(=O)NCCOCCOCCCC(=O)OCC2c3ccccc3-c3ccccc32)CC1. The summed E-state index contributed by atoms with van der Waals surface area (Å²) in [5.41, 5.74) is 13.3. The van der Waals surface area contributed by atoms with Crippen molar-refractivity contribution in [1.82, 2.24) is 40.9 Å². The molecule has 122 heavy (non-hydrogen) atoms. The number of hydrogen-bond acceptors (Lipinski definition) is 24. The molecule has 4 amide bonds. The summed E-state index contributed by atoms with van der Waals surface area (Å²) in [4.78, 5) is 114. The first-order valence-corrected chi connectivity index (χ1v) is 43.3. The van der Waals surface area contributed by atoms with Crippen molar-refractivity contribution in [3.8, 4) is 33.4 Å². The van der Waals surface area contributed by atoms with Crippen LogP contribution in [0, 0.1) is 0 Å². The smallest absolute Gasteiger partial charge is 0.407 e.